The maximum Gasteiger partial charge on any atom is 0.417 e. The number of non-ortho nitro benzene ring substituents is 1. The predicted octanol–water partition coefficient (Wildman–Crippen LogP) is 3.73. The lowest BCUT2D eigenvalue weighted by Crippen LogP contribution is -2.32. The van der Waals surface area contributed by atoms with E-state index in [1.807, 2.05) is 0 Å². The zero-order valence-corrected chi connectivity index (χ0v) is 17.4. The van der Waals surface area contributed by atoms with Crippen LogP contribution in [-0.4, -0.2) is 37.9 Å². The number of fused-ring (bicyclic) bond motifs is 1. The Hall–Kier alpha value is -2.50. The number of nitro groups is 1. The van der Waals surface area contributed by atoms with Gasteiger partial charge in [-0.3, -0.25) is 15.0 Å². The molecule has 0 saturated carbocycles. The highest BCUT2D eigenvalue weighted by Gasteiger charge is 2.36. The van der Waals surface area contributed by atoms with Crippen LogP contribution >= 0.6 is 0 Å². The highest BCUT2D eigenvalue weighted by Crippen LogP contribution is 2.33. The number of sulfonamides is 1. The number of nitro benzene ring substituents is 1. The summed E-state index contributed by atoms with van der Waals surface area (Å²) in [5, 5.41) is 10.9. The Bertz CT molecular complexity index is 1060. The molecule has 0 aliphatic carbocycles. The first kappa shape index (κ1) is 23.2. The van der Waals surface area contributed by atoms with E-state index < -0.39 is 31.6 Å². The van der Waals surface area contributed by atoms with Crippen molar-refractivity contribution in [2.24, 2.45) is 0 Å². The number of nitrogens with zero attached hydrogens (tertiary/aromatic N) is 2. The van der Waals surface area contributed by atoms with Crippen LogP contribution in [0.1, 0.15) is 29.5 Å². The van der Waals surface area contributed by atoms with Crippen LogP contribution in [0, 0.1) is 10.1 Å². The predicted molar refractivity (Wildman–Crippen MR) is 108 cm³/mol. The second kappa shape index (κ2) is 9.33. The minimum Gasteiger partial charge on any atom is -0.299 e. The number of hydrogen-bond donors (Lipinski definition) is 1. The van der Waals surface area contributed by atoms with Crippen molar-refractivity contribution >= 4 is 15.7 Å². The molecule has 0 spiro atoms. The molecule has 0 fully saturated rings. The minimum absolute atomic E-state index is 0.0183. The van der Waals surface area contributed by atoms with Crippen LogP contribution in [0.5, 0.6) is 0 Å². The molecule has 1 heterocycles. The van der Waals surface area contributed by atoms with Crippen molar-refractivity contribution in [1.82, 2.24) is 9.62 Å². The Balaban J connectivity index is 1.50. The maximum absolute atomic E-state index is 13.1. The lowest BCUT2D eigenvalue weighted by molar-refractivity contribution is -0.385. The average molecular weight is 457 g/mol. The third kappa shape index (κ3) is 5.81. The number of hydrogen-bond acceptors (Lipinski definition) is 5. The van der Waals surface area contributed by atoms with Crippen LogP contribution in [0.2, 0.25) is 0 Å². The van der Waals surface area contributed by atoms with E-state index >= 15 is 0 Å². The molecule has 1 aliphatic rings. The molecular formula is C20H22F3N3O4S. The summed E-state index contributed by atoms with van der Waals surface area (Å²) in [5.41, 5.74) is 0.848. The molecule has 0 unspecified atom stereocenters. The van der Waals surface area contributed by atoms with Crippen molar-refractivity contribution in [3.63, 3.8) is 0 Å². The Morgan fingerprint density at radius 1 is 1.10 bits per heavy atom. The smallest absolute Gasteiger partial charge is 0.299 e. The summed E-state index contributed by atoms with van der Waals surface area (Å²) in [6, 6.07) is 8.93. The van der Waals surface area contributed by atoms with Gasteiger partial charge in [-0.25, -0.2) is 13.1 Å². The number of rotatable bonds is 8. The standard InChI is InChI=1S/C20H22F3N3O4S/c21-20(22,23)18-5-1-2-6-19(18)31(29,30)24-10-3-4-11-25-12-9-15-7-8-17(26(27)28)13-16(15)14-25/h1-2,5-8,13,24H,3-4,9-12,14H2. The normalized spacial score (nSPS) is 14.9. The van der Waals surface area contributed by atoms with Gasteiger partial charge in [0.1, 0.15) is 0 Å². The van der Waals surface area contributed by atoms with Gasteiger partial charge in [0.15, 0.2) is 0 Å². The molecule has 7 nitrogen and oxygen atoms in total. The molecule has 0 radical (unpaired) electrons. The van der Waals surface area contributed by atoms with Crippen LogP contribution in [0.3, 0.4) is 0 Å². The molecule has 11 heteroatoms. The molecule has 2 aromatic rings. The van der Waals surface area contributed by atoms with E-state index in [0.29, 0.717) is 25.9 Å². The molecule has 3 rings (SSSR count). The lowest BCUT2D eigenvalue weighted by atomic mass is 9.99. The summed E-state index contributed by atoms with van der Waals surface area (Å²) >= 11 is 0. The van der Waals surface area contributed by atoms with Gasteiger partial charge < -0.3 is 0 Å². The van der Waals surface area contributed by atoms with Crippen molar-refractivity contribution in [2.75, 3.05) is 19.6 Å². The van der Waals surface area contributed by atoms with Gasteiger partial charge >= 0.3 is 6.18 Å². The fraction of sp³-hybridized carbons (Fsp3) is 0.400. The van der Waals surface area contributed by atoms with E-state index in [4.69, 9.17) is 0 Å². The Morgan fingerprint density at radius 3 is 2.55 bits per heavy atom. The minimum atomic E-state index is -4.76. The van der Waals surface area contributed by atoms with E-state index in [9.17, 15) is 31.7 Å². The van der Waals surface area contributed by atoms with E-state index in [1.165, 1.54) is 12.1 Å². The topological polar surface area (TPSA) is 92.6 Å². The molecule has 0 bridgehead atoms. The summed E-state index contributed by atoms with van der Waals surface area (Å²) in [5.74, 6) is 0. The quantitative estimate of drug-likeness (QED) is 0.371. The van der Waals surface area contributed by atoms with Crippen LogP contribution in [0.15, 0.2) is 47.4 Å². The zero-order valence-electron chi connectivity index (χ0n) is 16.6. The van der Waals surface area contributed by atoms with Crippen molar-refractivity contribution in [3.8, 4) is 0 Å². The van der Waals surface area contributed by atoms with Crippen LogP contribution in [-0.2, 0) is 29.2 Å². The molecular weight excluding hydrogens is 435 g/mol. The fourth-order valence-electron chi connectivity index (χ4n) is 3.59. The molecule has 0 atom stereocenters. The number of benzene rings is 2. The Labute approximate surface area is 178 Å². The highest BCUT2D eigenvalue weighted by atomic mass is 32.2. The summed E-state index contributed by atoms with van der Waals surface area (Å²) < 4.78 is 66.1. The molecule has 168 valence electrons. The van der Waals surface area contributed by atoms with E-state index in [-0.39, 0.29) is 12.2 Å². The van der Waals surface area contributed by atoms with Gasteiger partial charge in [0.25, 0.3) is 5.69 Å². The van der Waals surface area contributed by atoms with Crippen molar-refractivity contribution in [2.45, 2.75) is 36.9 Å². The first-order chi connectivity index (χ1) is 14.6. The largest absolute Gasteiger partial charge is 0.417 e. The summed E-state index contributed by atoms with van der Waals surface area (Å²) in [6.45, 7) is 2.03. The second-order valence-electron chi connectivity index (χ2n) is 7.34. The number of halogens is 3. The summed E-state index contributed by atoms with van der Waals surface area (Å²) in [4.78, 5) is 11.9. The molecule has 1 N–H and O–H groups in total. The van der Waals surface area contributed by atoms with Gasteiger partial charge in [0.2, 0.25) is 10.0 Å². The third-order valence-corrected chi connectivity index (χ3v) is 6.69. The third-order valence-electron chi connectivity index (χ3n) is 5.17. The molecule has 31 heavy (non-hydrogen) atoms. The van der Waals surface area contributed by atoms with E-state index in [1.54, 1.807) is 12.1 Å². The SMILES string of the molecule is O=[N+]([O-])c1ccc2c(c1)CN(CCCCNS(=O)(=O)c1ccccc1C(F)(F)F)CC2. The molecule has 0 amide bonds. The Kier molecular flexibility index (Phi) is 6.97. The van der Waals surface area contributed by atoms with Crippen molar-refractivity contribution < 1.29 is 26.5 Å². The molecule has 0 saturated heterocycles. The lowest BCUT2D eigenvalue weighted by Gasteiger charge is -2.28. The van der Waals surface area contributed by atoms with Crippen LogP contribution in [0.25, 0.3) is 0 Å². The van der Waals surface area contributed by atoms with Gasteiger partial charge in [-0.2, -0.15) is 13.2 Å². The van der Waals surface area contributed by atoms with Gasteiger partial charge in [-0.15, -0.1) is 0 Å². The van der Waals surface area contributed by atoms with Gasteiger partial charge in [0.05, 0.1) is 15.4 Å². The van der Waals surface area contributed by atoms with Gasteiger partial charge in [0, 0.05) is 31.8 Å². The highest BCUT2D eigenvalue weighted by molar-refractivity contribution is 7.89. The van der Waals surface area contributed by atoms with Crippen molar-refractivity contribution in [1.29, 1.82) is 0 Å². The van der Waals surface area contributed by atoms with E-state index in [0.717, 1.165) is 42.3 Å². The number of nitrogens with one attached hydrogen (secondary N) is 1. The first-order valence-electron chi connectivity index (χ1n) is 9.72. The van der Waals surface area contributed by atoms with Gasteiger partial charge in [-0.1, -0.05) is 18.2 Å². The second-order valence-corrected chi connectivity index (χ2v) is 9.07. The van der Waals surface area contributed by atoms with Crippen molar-refractivity contribution in [3.05, 3.63) is 69.3 Å². The molecule has 1 aliphatic heterocycles. The summed E-state index contributed by atoms with van der Waals surface area (Å²) in [6.07, 6.45) is -2.90. The fourth-order valence-corrected chi connectivity index (χ4v) is 4.89. The van der Waals surface area contributed by atoms with Gasteiger partial charge in [-0.05, 0) is 49.1 Å². The van der Waals surface area contributed by atoms with Crippen LogP contribution < -0.4 is 4.72 Å². The molecule has 2 aromatic carbocycles. The molecule has 0 aromatic heterocycles. The maximum atomic E-state index is 13.1. The summed E-state index contributed by atoms with van der Waals surface area (Å²) in [7, 11) is -4.28. The number of alkyl halides is 3. The average Bonchev–Trinajstić information content (AvgIpc) is 2.72. The monoisotopic (exact) mass is 457 g/mol. The zero-order chi connectivity index (χ0) is 22.6. The number of unbranched alkanes of at least 4 members (excludes halogenated alkanes) is 1. The first-order valence-corrected chi connectivity index (χ1v) is 11.2. The van der Waals surface area contributed by atoms with E-state index in [2.05, 4.69) is 9.62 Å². The van der Waals surface area contributed by atoms with Crippen LogP contribution in [0.4, 0.5) is 18.9 Å². The Morgan fingerprint density at radius 2 is 1.84 bits per heavy atom.